The SMILES string of the molecule is Cc1cc(Oc2cc(C)c(N)cc2F)n2ncnc2n1. The summed E-state index contributed by atoms with van der Waals surface area (Å²) >= 11 is 0. The third-order valence-corrected chi connectivity index (χ3v) is 2.88. The van der Waals surface area contributed by atoms with E-state index in [4.69, 9.17) is 10.5 Å². The van der Waals surface area contributed by atoms with Crippen LogP contribution in [0.5, 0.6) is 11.6 Å². The number of nitrogens with zero attached hydrogens (tertiary/aromatic N) is 4. The minimum atomic E-state index is -0.532. The van der Waals surface area contributed by atoms with Crippen LogP contribution in [0.15, 0.2) is 24.5 Å². The first-order valence-corrected chi connectivity index (χ1v) is 5.95. The van der Waals surface area contributed by atoms with Crippen molar-refractivity contribution < 1.29 is 9.13 Å². The number of ether oxygens (including phenoxy) is 1. The number of benzene rings is 1. The van der Waals surface area contributed by atoms with Gasteiger partial charge in [-0.15, -0.1) is 0 Å². The lowest BCUT2D eigenvalue weighted by molar-refractivity contribution is 0.414. The van der Waals surface area contributed by atoms with E-state index < -0.39 is 5.82 Å². The van der Waals surface area contributed by atoms with Crippen LogP contribution in [0.25, 0.3) is 5.78 Å². The lowest BCUT2D eigenvalue weighted by atomic mass is 10.2. The van der Waals surface area contributed by atoms with Crippen molar-refractivity contribution in [1.82, 2.24) is 19.6 Å². The molecule has 0 aliphatic rings. The Balaban J connectivity index is 2.09. The number of anilines is 1. The predicted molar refractivity (Wildman–Crippen MR) is 71.1 cm³/mol. The molecule has 0 spiro atoms. The van der Waals surface area contributed by atoms with E-state index in [0.29, 0.717) is 23.0 Å². The summed E-state index contributed by atoms with van der Waals surface area (Å²) in [7, 11) is 0. The Hall–Kier alpha value is -2.70. The summed E-state index contributed by atoms with van der Waals surface area (Å²) in [6.07, 6.45) is 1.36. The monoisotopic (exact) mass is 273 g/mol. The van der Waals surface area contributed by atoms with E-state index in [9.17, 15) is 4.39 Å². The predicted octanol–water partition coefficient (Wildman–Crippen LogP) is 2.25. The molecule has 0 amide bonds. The Morgan fingerprint density at radius 1 is 1.25 bits per heavy atom. The van der Waals surface area contributed by atoms with E-state index in [1.165, 1.54) is 16.9 Å². The highest BCUT2D eigenvalue weighted by Gasteiger charge is 2.12. The van der Waals surface area contributed by atoms with Crippen molar-refractivity contribution in [3.8, 4) is 11.6 Å². The Kier molecular flexibility index (Phi) is 2.74. The second kappa shape index (κ2) is 4.44. The van der Waals surface area contributed by atoms with Crippen molar-refractivity contribution in [3.05, 3.63) is 41.6 Å². The summed E-state index contributed by atoms with van der Waals surface area (Å²) < 4.78 is 20.9. The van der Waals surface area contributed by atoms with Crippen molar-refractivity contribution in [2.24, 2.45) is 0 Å². The molecule has 6 nitrogen and oxygen atoms in total. The van der Waals surface area contributed by atoms with Gasteiger partial charge in [0.1, 0.15) is 6.33 Å². The first kappa shape index (κ1) is 12.3. The van der Waals surface area contributed by atoms with Crippen molar-refractivity contribution in [2.45, 2.75) is 13.8 Å². The van der Waals surface area contributed by atoms with E-state index in [0.717, 1.165) is 5.56 Å². The van der Waals surface area contributed by atoms with Crippen LogP contribution in [0.1, 0.15) is 11.3 Å². The van der Waals surface area contributed by atoms with Crippen LogP contribution in [-0.2, 0) is 0 Å². The van der Waals surface area contributed by atoms with E-state index in [1.54, 1.807) is 26.0 Å². The molecule has 0 unspecified atom stereocenters. The lowest BCUT2D eigenvalue weighted by Gasteiger charge is -2.10. The summed E-state index contributed by atoms with van der Waals surface area (Å²) in [5.41, 5.74) is 7.47. The van der Waals surface area contributed by atoms with Crippen LogP contribution in [0.2, 0.25) is 0 Å². The lowest BCUT2D eigenvalue weighted by Crippen LogP contribution is -2.01. The molecule has 0 saturated heterocycles. The number of halogens is 1. The topological polar surface area (TPSA) is 78.3 Å². The quantitative estimate of drug-likeness (QED) is 0.724. The molecule has 0 bridgehead atoms. The fraction of sp³-hybridized carbons (Fsp3) is 0.154. The van der Waals surface area contributed by atoms with Crippen LogP contribution in [0.3, 0.4) is 0 Å². The maximum atomic E-state index is 13.9. The molecule has 0 saturated carbocycles. The van der Waals surface area contributed by atoms with E-state index in [2.05, 4.69) is 15.1 Å². The smallest absolute Gasteiger partial charge is 0.255 e. The minimum Gasteiger partial charge on any atom is -0.436 e. The summed E-state index contributed by atoms with van der Waals surface area (Å²) in [5.74, 6) is 0.288. The molecular weight excluding hydrogens is 261 g/mol. The fourth-order valence-corrected chi connectivity index (χ4v) is 1.83. The van der Waals surface area contributed by atoms with Gasteiger partial charge in [-0.2, -0.15) is 14.6 Å². The van der Waals surface area contributed by atoms with Crippen LogP contribution in [0, 0.1) is 19.7 Å². The highest BCUT2D eigenvalue weighted by atomic mass is 19.1. The molecule has 0 atom stereocenters. The van der Waals surface area contributed by atoms with Gasteiger partial charge in [0.2, 0.25) is 5.88 Å². The van der Waals surface area contributed by atoms with E-state index >= 15 is 0 Å². The molecule has 2 heterocycles. The van der Waals surface area contributed by atoms with E-state index in [-0.39, 0.29) is 5.75 Å². The van der Waals surface area contributed by atoms with Gasteiger partial charge in [-0.25, -0.2) is 9.37 Å². The van der Waals surface area contributed by atoms with Gasteiger partial charge in [0, 0.05) is 23.5 Å². The number of rotatable bonds is 2. The summed E-state index contributed by atoms with van der Waals surface area (Å²) in [5, 5.41) is 4.00. The Morgan fingerprint density at radius 2 is 2.05 bits per heavy atom. The van der Waals surface area contributed by atoms with Gasteiger partial charge in [0.25, 0.3) is 5.78 Å². The zero-order valence-electron chi connectivity index (χ0n) is 11.0. The molecule has 0 aliphatic heterocycles. The van der Waals surface area contributed by atoms with Gasteiger partial charge in [-0.3, -0.25) is 0 Å². The van der Waals surface area contributed by atoms with Gasteiger partial charge in [0.05, 0.1) is 0 Å². The van der Waals surface area contributed by atoms with Crippen LogP contribution in [-0.4, -0.2) is 19.6 Å². The van der Waals surface area contributed by atoms with Gasteiger partial charge in [0.15, 0.2) is 11.6 Å². The highest BCUT2D eigenvalue weighted by Crippen LogP contribution is 2.28. The molecule has 0 fully saturated rings. The summed E-state index contributed by atoms with van der Waals surface area (Å²) in [6.45, 7) is 3.58. The first-order chi connectivity index (χ1) is 9.54. The van der Waals surface area contributed by atoms with Gasteiger partial charge in [-0.05, 0) is 25.5 Å². The molecule has 2 aromatic heterocycles. The maximum absolute atomic E-state index is 13.9. The number of hydrogen-bond acceptors (Lipinski definition) is 5. The molecule has 0 radical (unpaired) electrons. The molecule has 1 aromatic carbocycles. The molecule has 3 rings (SSSR count). The average molecular weight is 273 g/mol. The van der Waals surface area contributed by atoms with Gasteiger partial charge < -0.3 is 10.5 Å². The normalized spacial score (nSPS) is 10.9. The zero-order valence-corrected chi connectivity index (χ0v) is 11.0. The Labute approximate surface area is 114 Å². The standard InChI is InChI=1S/C13H12FN5O/c1-7-3-11(9(14)5-10(7)15)20-12-4-8(2)18-13-16-6-17-19(12)13/h3-6H,15H2,1-2H3. The molecule has 7 heteroatoms. The van der Waals surface area contributed by atoms with Crippen LogP contribution >= 0.6 is 0 Å². The second-order valence-corrected chi connectivity index (χ2v) is 4.45. The Bertz CT molecular complexity index is 799. The van der Waals surface area contributed by atoms with Crippen LogP contribution < -0.4 is 10.5 Å². The Morgan fingerprint density at radius 3 is 2.85 bits per heavy atom. The molecule has 2 N–H and O–H groups in total. The number of nitrogen functional groups attached to an aromatic ring is 1. The molecule has 20 heavy (non-hydrogen) atoms. The fourth-order valence-electron chi connectivity index (χ4n) is 1.83. The average Bonchev–Trinajstić information content (AvgIpc) is 2.84. The largest absolute Gasteiger partial charge is 0.436 e. The van der Waals surface area contributed by atoms with Gasteiger partial charge in [-0.1, -0.05) is 0 Å². The molecular formula is C13H12FN5O. The van der Waals surface area contributed by atoms with Gasteiger partial charge >= 0.3 is 0 Å². The molecule has 102 valence electrons. The number of nitrogens with two attached hydrogens (primary N) is 1. The minimum absolute atomic E-state index is 0.0825. The highest BCUT2D eigenvalue weighted by molar-refractivity contribution is 5.51. The third kappa shape index (κ3) is 2.03. The van der Waals surface area contributed by atoms with Crippen molar-refractivity contribution in [3.63, 3.8) is 0 Å². The van der Waals surface area contributed by atoms with Crippen molar-refractivity contribution in [1.29, 1.82) is 0 Å². The van der Waals surface area contributed by atoms with Crippen molar-refractivity contribution in [2.75, 3.05) is 5.73 Å². The summed E-state index contributed by atoms with van der Waals surface area (Å²) in [4.78, 5) is 8.17. The number of aromatic nitrogens is 4. The van der Waals surface area contributed by atoms with Crippen molar-refractivity contribution >= 4 is 11.5 Å². The zero-order chi connectivity index (χ0) is 14.3. The number of aryl methyl sites for hydroxylation is 2. The van der Waals surface area contributed by atoms with E-state index in [1.807, 2.05) is 0 Å². The third-order valence-electron chi connectivity index (χ3n) is 2.88. The second-order valence-electron chi connectivity index (χ2n) is 4.45. The van der Waals surface area contributed by atoms with Crippen LogP contribution in [0.4, 0.5) is 10.1 Å². The molecule has 3 aromatic rings. The number of hydrogen-bond donors (Lipinski definition) is 1. The number of fused-ring (bicyclic) bond motifs is 1. The maximum Gasteiger partial charge on any atom is 0.255 e. The first-order valence-electron chi connectivity index (χ1n) is 5.95. The summed E-state index contributed by atoms with van der Waals surface area (Å²) in [6, 6.07) is 4.44. The molecule has 0 aliphatic carbocycles.